The number of hydrogen-bond acceptors (Lipinski definition) is 3. The SMILES string of the molecule is CC(C)NS(=O)(=O)c1ccc2c(c1)CCCN2C(=O)c1ccccc1. The van der Waals surface area contributed by atoms with Crippen molar-refractivity contribution in [1.29, 1.82) is 0 Å². The van der Waals surface area contributed by atoms with E-state index in [9.17, 15) is 13.2 Å². The molecule has 0 saturated heterocycles. The number of anilines is 1. The van der Waals surface area contributed by atoms with Crippen LogP contribution in [0.4, 0.5) is 5.69 Å². The fourth-order valence-electron chi connectivity index (χ4n) is 3.07. The molecule has 2 aromatic carbocycles. The first-order chi connectivity index (χ1) is 11.9. The molecule has 5 nitrogen and oxygen atoms in total. The van der Waals surface area contributed by atoms with Gasteiger partial charge in [0.05, 0.1) is 4.90 Å². The monoisotopic (exact) mass is 358 g/mol. The molecule has 0 saturated carbocycles. The summed E-state index contributed by atoms with van der Waals surface area (Å²) in [6.45, 7) is 4.21. The van der Waals surface area contributed by atoms with Gasteiger partial charge in [0.1, 0.15) is 0 Å². The van der Waals surface area contributed by atoms with Crippen LogP contribution in [0.15, 0.2) is 53.4 Å². The predicted octanol–water partition coefficient (Wildman–Crippen LogP) is 2.97. The van der Waals surface area contributed by atoms with E-state index in [4.69, 9.17) is 0 Å². The van der Waals surface area contributed by atoms with E-state index in [0.29, 0.717) is 12.1 Å². The number of benzene rings is 2. The lowest BCUT2D eigenvalue weighted by molar-refractivity contribution is 0.0985. The molecule has 2 aromatic rings. The first-order valence-corrected chi connectivity index (χ1v) is 9.89. The molecule has 25 heavy (non-hydrogen) atoms. The van der Waals surface area contributed by atoms with Gasteiger partial charge in [-0.1, -0.05) is 18.2 Å². The third-order valence-corrected chi connectivity index (χ3v) is 5.79. The summed E-state index contributed by atoms with van der Waals surface area (Å²) in [6.07, 6.45) is 1.58. The third kappa shape index (κ3) is 3.75. The summed E-state index contributed by atoms with van der Waals surface area (Å²) in [4.78, 5) is 14.8. The molecule has 0 radical (unpaired) electrons. The Hall–Kier alpha value is -2.18. The molecule has 1 aliphatic rings. The zero-order valence-corrected chi connectivity index (χ0v) is 15.2. The lowest BCUT2D eigenvalue weighted by Crippen LogP contribution is -2.36. The molecule has 0 aliphatic carbocycles. The molecular weight excluding hydrogens is 336 g/mol. The van der Waals surface area contributed by atoms with Gasteiger partial charge in [0.2, 0.25) is 10.0 Å². The third-order valence-electron chi connectivity index (χ3n) is 4.14. The topological polar surface area (TPSA) is 66.5 Å². The standard InChI is InChI=1S/C19H22N2O3S/c1-14(2)20-25(23,24)17-10-11-18-16(13-17)9-6-12-21(18)19(22)15-7-4-3-5-8-15/h3-5,7-8,10-11,13-14,20H,6,9,12H2,1-2H3. The smallest absolute Gasteiger partial charge is 0.258 e. The van der Waals surface area contributed by atoms with Crippen LogP contribution in [0, 0.1) is 0 Å². The van der Waals surface area contributed by atoms with Gasteiger partial charge in [-0.05, 0) is 62.6 Å². The quantitative estimate of drug-likeness (QED) is 0.914. The molecule has 6 heteroatoms. The largest absolute Gasteiger partial charge is 0.308 e. The molecule has 1 amide bonds. The highest BCUT2D eigenvalue weighted by molar-refractivity contribution is 7.89. The second-order valence-electron chi connectivity index (χ2n) is 6.49. The molecular formula is C19H22N2O3S. The predicted molar refractivity (Wildman–Crippen MR) is 98.3 cm³/mol. The Balaban J connectivity index is 1.94. The van der Waals surface area contributed by atoms with E-state index < -0.39 is 10.0 Å². The fraction of sp³-hybridized carbons (Fsp3) is 0.316. The molecule has 1 N–H and O–H groups in total. The Morgan fingerprint density at radius 3 is 2.52 bits per heavy atom. The molecule has 0 unspecified atom stereocenters. The lowest BCUT2D eigenvalue weighted by atomic mass is 10.0. The summed E-state index contributed by atoms with van der Waals surface area (Å²) in [6, 6.07) is 14.0. The van der Waals surface area contributed by atoms with Crippen LogP contribution in [0.25, 0.3) is 0 Å². The number of nitrogens with zero attached hydrogens (tertiary/aromatic N) is 1. The molecule has 132 valence electrons. The van der Waals surface area contributed by atoms with Crippen LogP contribution >= 0.6 is 0 Å². The number of carbonyl (C=O) groups is 1. The molecule has 0 atom stereocenters. The van der Waals surface area contributed by atoms with Crippen LogP contribution < -0.4 is 9.62 Å². The van der Waals surface area contributed by atoms with Crippen LogP contribution in [0.1, 0.15) is 36.2 Å². The van der Waals surface area contributed by atoms with Gasteiger partial charge in [-0.2, -0.15) is 0 Å². The number of sulfonamides is 1. The average molecular weight is 358 g/mol. The number of amides is 1. The van der Waals surface area contributed by atoms with E-state index in [1.54, 1.807) is 49.1 Å². The maximum absolute atomic E-state index is 12.8. The van der Waals surface area contributed by atoms with E-state index in [1.807, 2.05) is 18.2 Å². The minimum atomic E-state index is -3.54. The van der Waals surface area contributed by atoms with Crippen LogP contribution in [0.2, 0.25) is 0 Å². The highest BCUT2D eigenvalue weighted by Crippen LogP contribution is 2.30. The van der Waals surface area contributed by atoms with Gasteiger partial charge in [0.15, 0.2) is 0 Å². The van der Waals surface area contributed by atoms with Crippen molar-refractivity contribution in [1.82, 2.24) is 4.72 Å². The van der Waals surface area contributed by atoms with E-state index in [-0.39, 0.29) is 16.8 Å². The first-order valence-electron chi connectivity index (χ1n) is 8.40. The highest BCUT2D eigenvalue weighted by Gasteiger charge is 2.25. The van der Waals surface area contributed by atoms with E-state index in [0.717, 1.165) is 24.1 Å². The average Bonchev–Trinajstić information content (AvgIpc) is 2.60. The van der Waals surface area contributed by atoms with Gasteiger partial charge in [-0.25, -0.2) is 13.1 Å². The molecule has 3 rings (SSSR count). The van der Waals surface area contributed by atoms with Crippen molar-refractivity contribution in [3.8, 4) is 0 Å². The second-order valence-corrected chi connectivity index (χ2v) is 8.21. The van der Waals surface area contributed by atoms with Crippen molar-refractivity contribution < 1.29 is 13.2 Å². The molecule has 1 heterocycles. The fourth-order valence-corrected chi connectivity index (χ4v) is 4.37. The Labute approximate surface area is 148 Å². The molecule has 0 aromatic heterocycles. The van der Waals surface area contributed by atoms with E-state index in [2.05, 4.69) is 4.72 Å². The van der Waals surface area contributed by atoms with Crippen molar-refractivity contribution in [3.05, 3.63) is 59.7 Å². The molecule has 1 aliphatic heterocycles. The van der Waals surface area contributed by atoms with Crippen LogP contribution in [-0.4, -0.2) is 26.9 Å². The number of hydrogen-bond donors (Lipinski definition) is 1. The zero-order valence-electron chi connectivity index (χ0n) is 14.4. The van der Waals surface area contributed by atoms with Gasteiger partial charge < -0.3 is 4.90 Å². The van der Waals surface area contributed by atoms with E-state index >= 15 is 0 Å². The number of rotatable bonds is 4. The number of carbonyl (C=O) groups excluding carboxylic acids is 1. The Kier molecular flexibility index (Phi) is 4.92. The van der Waals surface area contributed by atoms with Crippen molar-refractivity contribution >= 4 is 21.6 Å². The summed E-state index contributed by atoms with van der Waals surface area (Å²) in [7, 11) is -3.54. The maximum Gasteiger partial charge on any atom is 0.258 e. The van der Waals surface area contributed by atoms with Crippen molar-refractivity contribution in [2.45, 2.75) is 37.6 Å². The Morgan fingerprint density at radius 1 is 1.12 bits per heavy atom. The van der Waals surface area contributed by atoms with Crippen LogP contribution in [0.5, 0.6) is 0 Å². The van der Waals surface area contributed by atoms with Crippen molar-refractivity contribution in [3.63, 3.8) is 0 Å². The number of nitrogens with one attached hydrogen (secondary N) is 1. The second kappa shape index (κ2) is 6.98. The van der Waals surface area contributed by atoms with Crippen LogP contribution in [0.3, 0.4) is 0 Å². The summed E-state index contributed by atoms with van der Waals surface area (Å²) in [5, 5.41) is 0. The van der Waals surface area contributed by atoms with Gasteiger partial charge in [-0.3, -0.25) is 4.79 Å². The summed E-state index contributed by atoms with van der Waals surface area (Å²) >= 11 is 0. The highest BCUT2D eigenvalue weighted by atomic mass is 32.2. The Bertz CT molecular complexity index is 877. The molecule has 0 bridgehead atoms. The summed E-state index contributed by atoms with van der Waals surface area (Å²) in [5.41, 5.74) is 2.32. The molecule has 0 spiro atoms. The summed E-state index contributed by atoms with van der Waals surface area (Å²) < 4.78 is 27.3. The van der Waals surface area contributed by atoms with Gasteiger partial charge in [0, 0.05) is 23.8 Å². The zero-order chi connectivity index (χ0) is 18.0. The van der Waals surface area contributed by atoms with E-state index in [1.165, 1.54) is 0 Å². The van der Waals surface area contributed by atoms with Crippen LogP contribution in [-0.2, 0) is 16.4 Å². The van der Waals surface area contributed by atoms with Gasteiger partial charge in [0.25, 0.3) is 5.91 Å². The molecule has 0 fully saturated rings. The lowest BCUT2D eigenvalue weighted by Gasteiger charge is -2.30. The van der Waals surface area contributed by atoms with Crippen molar-refractivity contribution in [2.75, 3.05) is 11.4 Å². The number of aryl methyl sites for hydroxylation is 1. The minimum absolute atomic E-state index is 0.0579. The summed E-state index contributed by atoms with van der Waals surface area (Å²) in [5.74, 6) is -0.0579. The van der Waals surface area contributed by atoms with Gasteiger partial charge in [-0.15, -0.1) is 0 Å². The minimum Gasteiger partial charge on any atom is -0.308 e. The normalized spacial score (nSPS) is 14.4. The maximum atomic E-state index is 12.8. The Morgan fingerprint density at radius 2 is 1.84 bits per heavy atom. The first kappa shape index (κ1) is 17.6. The van der Waals surface area contributed by atoms with Crippen molar-refractivity contribution in [2.24, 2.45) is 0 Å². The van der Waals surface area contributed by atoms with Gasteiger partial charge >= 0.3 is 0 Å². The number of fused-ring (bicyclic) bond motifs is 1.